The Morgan fingerprint density at radius 1 is 1.12 bits per heavy atom. The molecule has 0 unspecified atom stereocenters. The van der Waals surface area contributed by atoms with Gasteiger partial charge in [0.2, 0.25) is 0 Å². The third-order valence-electron chi connectivity index (χ3n) is 6.49. The number of fused-ring (bicyclic) bond motifs is 2. The lowest BCUT2D eigenvalue weighted by Crippen LogP contribution is -2.36. The van der Waals surface area contributed by atoms with Crippen LogP contribution < -0.4 is 10.5 Å². The van der Waals surface area contributed by atoms with Crippen LogP contribution in [0.4, 0.5) is 5.82 Å². The van der Waals surface area contributed by atoms with Gasteiger partial charge in [0.1, 0.15) is 17.7 Å². The molecule has 4 aromatic rings. The highest BCUT2D eigenvalue weighted by Crippen LogP contribution is 2.38. The maximum atomic E-state index is 13.8. The smallest absolute Gasteiger partial charge is 0.263 e. The Bertz CT molecular complexity index is 1360. The van der Waals surface area contributed by atoms with Crippen molar-refractivity contribution in [2.24, 2.45) is 0 Å². The number of hydrogen-bond acceptors (Lipinski definition) is 7. The lowest BCUT2D eigenvalue weighted by atomic mass is 10.1. The maximum absolute atomic E-state index is 13.8. The number of nitrogens with one attached hydrogen (secondary N) is 1. The second kappa shape index (κ2) is 7.83. The fourth-order valence-corrected chi connectivity index (χ4v) is 5.26. The minimum atomic E-state index is -0.0877. The maximum Gasteiger partial charge on any atom is 0.263 e. The highest BCUT2D eigenvalue weighted by Gasteiger charge is 2.35. The average molecular weight is 452 g/mol. The summed E-state index contributed by atoms with van der Waals surface area (Å²) in [4.78, 5) is 37.3. The summed E-state index contributed by atoms with van der Waals surface area (Å²) < 4.78 is 7.45. The normalized spacial score (nSPS) is 19.9. The van der Waals surface area contributed by atoms with E-state index in [1.165, 1.54) is 6.33 Å². The molecular formula is C22H22ClN7O2. The lowest BCUT2D eigenvalue weighted by Gasteiger charge is -2.32. The first kappa shape index (κ1) is 19.6. The number of nitrogens with zero attached hydrogens (tertiary/aromatic N) is 6. The summed E-state index contributed by atoms with van der Waals surface area (Å²) in [5, 5.41) is 0.914. The van der Waals surface area contributed by atoms with Crippen LogP contribution in [0.2, 0.25) is 5.02 Å². The Balaban J connectivity index is 1.56. The van der Waals surface area contributed by atoms with E-state index in [4.69, 9.17) is 21.3 Å². The third kappa shape index (κ3) is 3.07. The average Bonchev–Trinajstić information content (AvgIpc) is 3.49. The molecule has 2 fully saturated rings. The first-order valence-electron chi connectivity index (χ1n) is 10.9. The van der Waals surface area contributed by atoms with E-state index in [0.717, 1.165) is 49.4 Å². The largest absolute Gasteiger partial charge is 0.381 e. The van der Waals surface area contributed by atoms with Crippen molar-refractivity contribution in [3.05, 3.63) is 52.1 Å². The second-order valence-electron chi connectivity index (χ2n) is 8.27. The van der Waals surface area contributed by atoms with E-state index in [1.54, 1.807) is 12.4 Å². The second-order valence-corrected chi connectivity index (χ2v) is 8.68. The zero-order chi connectivity index (χ0) is 21.7. The molecule has 9 nitrogen and oxygen atoms in total. The van der Waals surface area contributed by atoms with Gasteiger partial charge in [-0.3, -0.25) is 9.36 Å². The number of ether oxygens (including phenoxy) is 1. The molecule has 3 aromatic heterocycles. The number of hydrogen-bond donors (Lipinski definition) is 1. The molecule has 0 amide bonds. The molecule has 0 saturated carbocycles. The highest BCUT2D eigenvalue weighted by atomic mass is 35.5. The number of aromatic amines is 1. The molecule has 6 rings (SSSR count). The summed E-state index contributed by atoms with van der Waals surface area (Å²) >= 11 is 6.45. The quantitative estimate of drug-likeness (QED) is 0.509. The van der Waals surface area contributed by atoms with Gasteiger partial charge in [0.05, 0.1) is 28.3 Å². The Morgan fingerprint density at radius 2 is 2.00 bits per heavy atom. The van der Waals surface area contributed by atoms with Crippen LogP contribution in [0.1, 0.15) is 43.6 Å². The summed E-state index contributed by atoms with van der Waals surface area (Å²) in [6.07, 6.45) is 6.56. The first-order valence-corrected chi connectivity index (χ1v) is 11.3. The Morgan fingerprint density at radius 3 is 2.88 bits per heavy atom. The number of rotatable bonds is 3. The van der Waals surface area contributed by atoms with Crippen LogP contribution in [0, 0.1) is 0 Å². The molecule has 0 bridgehead atoms. The summed E-state index contributed by atoms with van der Waals surface area (Å²) in [5.74, 6) is 1.55. The van der Waals surface area contributed by atoms with Crippen molar-refractivity contribution < 1.29 is 4.74 Å². The van der Waals surface area contributed by atoms with Crippen LogP contribution in [0.15, 0.2) is 35.6 Å². The molecule has 164 valence electrons. The van der Waals surface area contributed by atoms with Crippen LogP contribution in [0.5, 0.6) is 0 Å². The van der Waals surface area contributed by atoms with Crippen LogP contribution in [-0.2, 0) is 4.74 Å². The van der Waals surface area contributed by atoms with Gasteiger partial charge < -0.3 is 14.6 Å². The van der Waals surface area contributed by atoms with Crippen molar-refractivity contribution >= 4 is 39.5 Å². The van der Waals surface area contributed by atoms with E-state index in [2.05, 4.69) is 24.8 Å². The van der Waals surface area contributed by atoms with Crippen molar-refractivity contribution in [3.8, 4) is 0 Å². The topological polar surface area (TPSA) is 102 Å². The van der Waals surface area contributed by atoms with Gasteiger partial charge >= 0.3 is 0 Å². The summed E-state index contributed by atoms with van der Waals surface area (Å²) in [7, 11) is 0. The minimum absolute atomic E-state index is 0.0273. The number of halogens is 1. The molecule has 1 aromatic carbocycles. The van der Waals surface area contributed by atoms with E-state index in [0.29, 0.717) is 34.8 Å². The SMILES string of the molecule is O=c1c2c(Cl)cccc2nc([C@@H]2CCCN2c2ncnc3nc[nH]c23)n1C1CCOCC1. The van der Waals surface area contributed by atoms with E-state index < -0.39 is 0 Å². The molecule has 1 N–H and O–H groups in total. The molecule has 2 saturated heterocycles. The number of imidazole rings is 1. The van der Waals surface area contributed by atoms with Gasteiger partial charge in [-0.25, -0.2) is 19.9 Å². The minimum Gasteiger partial charge on any atom is -0.381 e. The fourth-order valence-electron chi connectivity index (χ4n) is 5.01. The molecule has 32 heavy (non-hydrogen) atoms. The molecule has 10 heteroatoms. The summed E-state index contributed by atoms with van der Waals surface area (Å²) in [5.41, 5.74) is 1.97. The summed E-state index contributed by atoms with van der Waals surface area (Å²) in [6.45, 7) is 2.07. The van der Waals surface area contributed by atoms with Gasteiger partial charge in [-0.1, -0.05) is 17.7 Å². The monoisotopic (exact) mass is 451 g/mol. The zero-order valence-corrected chi connectivity index (χ0v) is 18.1. The predicted molar refractivity (Wildman–Crippen MR) is 121 cm³/mol. The van der Waals surface area contributed by atoms with Crippen molar-refractivity contribution in [1.82, 2.24) is 29.5 Å². The van der Waals surface area contributed by atoms with Crippen LogP contribution in [0.25, 0.3) is 22.1 Å². The van der Waals surface area contributed by atoms with Gasteiger partial charge in [-0.2, -0.15) is 0 Å². The molecule has 5 heterocycles. The zero-order valence-electron chi connectivity index (χ0n) is 17.4. The van der Waals surface area contributed by atoms with Crippen LogP contribution in [0.3, 0.4) is 0 Å². The number of H-pyrrole nitrogens is 1. The first-order chi connectivity index (χ1) is 15.7. The van der Waals surface area contributed by atoms with Gasteiger partial charge in [0.15, 0.2) is 11.5 Å². The lowest BCUT2D eigenvalue weighted by molar-refractivity contribution is 0.0673. The predicted octanol–water partition coefficient (Wildman–Crippen LogP) is 3.41. The molecule has 0 radical (unpaired) electrons. The standard InChI is InChI=1S/C22H22ClN7O2/c23-14-3-1-4-15-17(14)22(31)30(13-6-9-32-10-7-13)20(28-15)16-5-2-8-29(16)21-18-19(25-11-24-18)26-12-27-21/h1,3-4,11-13,16H,2,5-10H2,(H,24,25,26,27)/t16-/m0/s1. The Hall–Kier alpha value is -3.04. The molecule has 0 aliphatic carbocycles. The Labute approximate surface area is 188 Å². The molecule has 2 aliphatic rings. The van der Waals surface area contributed by atoms with Crippen molar-refractivity contribution in [1.29, 1.82) is 0 Å². The molecule has 1 atom stereocenters. The number of aromatic nitrogens is 6. The molecule has 2 aliphatic heterocycles. The molecular weight excluding hydrogens is 430 g/mol. The van der Waals surface area contributed by atoms with Gasteiger partial charge in [-0.15, -0.1) is 0 Å². The van der Waals surface area contributed by atoms with E-state index in [1.807, 2.05) is 16.7 Å². The van der Waals surface area contributed by atoms with Gasteiger partial charge in [0.25, 0.3) is 5.56 Å². The van der Waals surface area contributed by atoms with Crippen molar-refractivity contribution in [2.45, 2.75) is 37.8 Å². The van der Waals surface area contributed by atoms with E-state index in [9.17, 15) is 4.79 Å². The van der Waals surface area contributed by atoms with E-state index >= 15 is 0 Å². The third-order valence-corrected chi connectivity index (χ3v) is 6.80. The fraction of sp³-hybridized carbons (Fsp3) is 0.409. The Kier molecular flexibility index (Phi) is 4.80. The highest BCUT2D eigenvalue weighted by molar-refractivity contribution is 6.35. The van der Waals surface area contributed by atoms with Crippen molar-refractivity contribution in [3.63, 3.8) is 0 Å². The van der Waals surface area contributed by atoms with Crippen molar-refractivity contribution in [2.75, 3.05) is 24.7 Å². The number of anilines is 1. The van der Waals surface area contributed by atoms with Crippen LogP contribution >= 0.6 is 11.6 Å². The number of benzene rings is 1. The molecule has 0 spiro atoms. The summed E-state index contributed by atoms with van der Waals surface area (Å²) in [6, 6.07) is 5.38. The van der Waals surface area contributed by atoms with Gasteiger partial charge in [0, 0.05) is 25.8 Å². The van der Waals surface area contributed by atoms with Gasteiger partial charge in [-0.05, 0) is 37.8 Å². The van der Waals surface area contributed by atoms with Crippen LogP contribution in [-0.4, -0.2) is 49.2 Å². The van der Waals surface area contributed by atoms with E-state index in [-0.39, 0.29) is 17.6 Å².